The van der Waals surface area contributed by atoms with Crippen molar-refractivity contribution in [3.05, 3.63) is 11.8 Å². The lowest BCUT2D eigenvalue weighted by Gasteiger charge is -1.93. The summed E-state index contributed by atoms with van der Waals surface area (Å²) in [6, 6.07) is 2.55. The third-order valence-electron chi connectivity index (χ3n) is 1.88. The van der Waals surface area contributed by atoms with Gasteiger partial charge < -0.3 is 15.6 Å². The molecule has 66 valence electrons. The van der Waals surface area contributed by atoms with Crippen LogP contribution in [0.15, 0.2) is 10.6 Å². The van der Waals surface area contributed by atoms with Crippen LogP contribution in [0.2, 0.25) is 0 Å². The van der Waals surface area contributed by atoms with Crippen molar-refractivity contribution in [2.24, 2.45) is 5.73 Å². The van der Waals surface area contributed by atoms with Crippen molar-refractivity contribution in [1.82, 2.24) is 5.16 Å². The first kappa shape index (κ1) is 7.61. The summed E-state index contributed by atoms with van der Waals surface area (Å²) < 4.78 is 5.04. The molecule has 4 heteroatoms. The van der Waals surface area contributed by atoms with E-state index in [4.69, 9.17) is 10.3 Å². The van der Waals surface area contributed by atoms with E-state index in [0.29, 0.717) is 12.6 Å². The molecule has 0 bridgehead atoms. The summed E-state index contributed by atoms with van der Waals surface area (Å²) in [5.41, 5.74) is 5.38. The standard InChI is InChI=1S/C8H13N3O/c9-4-3-7-5-8(11-12-7)10-6-1-2-6/h5-6H,1-4,9H2,(H,10,11). The zero-order valence-electron chi connectivity index (χ0n) is 6.92. The fourth-order valence-electron chi connectivity index (χ4n) is 1.08. The third kappa shape index (κ3) is 1.76. The Balaban J connectivity index is 1.92. The van der Waals surface area contributed by atoms with Crippen LogP contribution in [0.1, 0.15) is 18.6 Å². The van der Waals surface area contributed by atoms with Crippen LogP contribution in [0.25, 0.3) is 0 Å². The first-order valence-electron chi connectivity index (χ1n) is 4.30. The maximum atomic E-state index is 5.38. The number of nitrogens with zero attached hydrogens (tertiary/aromatic N) is 1. The molecule has 1 aliphatic carbocycles. The molecular formula is C8H13N3O. The van der Waals surface area contributed by atoms with Crippen molar-refractivity contribution >= 4 is 5.82 Å². The molecule has 1 aliphatic rings. The van der Waals surface area contributed by atoms with Gasteiger partial charge in [-0.25, -0.2) is 0 Å². The van der Waals surface area contributed by atoms with E-state index in [1.807, 2.05) is 6.07 Å². The number of anilines is 1. The molecule has 1 fully saturated rings. The zero-order chi connectivity index (χ0) is 8.39. The summed E-state index contributed by atoms with van der Waals surface area (Å²) in [5, 5.41) is 7.12. The third-order valence-corrected chi connectivity index (χ3v) is 1.88. The Bertz CT molecular complexity index is 255. The lowest BCUT2D eigenvalue weighted by atomic mass is 10.3. The lowest BCUT2D eigenvalue weighted by molar-refractivity contribution is 0.386. The molecule has 4 nitrogen and oxygen atoms in total. The van der Waals surface area contributed by atoms with Crippen LogP contribution in [0.3, 0.4) is 0 Å². The maximum Gasteiger partial charge on any atom is 0.169 e. The van der Waals surface area contributed by atoms with Gasteiger partial charge in [0.05, 0.1) is 0 Å². The highest BCUT2D eigenvalue weighted by atomic mass is 16.5. The summed E-state index contributed by atoms with van der Waals surface area (Å²) in [6.45, 7) is 0.609. The van der Waals surface area contributed by atoms with Crippen molar-refractivity contribution in [1.29, 1.82) is 0 Å². The van der Waals surface area contributed by atoms with Crippen LogP contribution in [-0.2, 0) is 6.42 Å². The number of hydrogen-bond donors (Lipinski definition) is 2. The number of rotatable bonds is 4. The van der Waals surface area contributed by atoms with Crippen LogP contribution in [-0.4, -0.2) is 17.7 Å². The van der Waals surface area contributed by atoms with Crippen LogP contribution in [0.4, 0.5) is 5.82 Å². The summed E-state index contributed by atoms with van der Waals surface area (Å²) in [5.74, 6) is 1.71. The van der Waals surface area contributed by atoms with Crippen molar-refractivity contribution in [3.63, 3.8) is 0 Å². The molecule has 2 rings (SSSR count). The molecule has 0 radical (unpaired) electrons. The fraction of sp³-hybridized carbons (Fsp3) is 0.625. The fourth-order valence-corrected chi connectivity index (χ4v) is 1.08. The quantitative estimate of drug-likeness (QED) is 0.694. The molecular weight excluding hydrogens is 154 g/mol. The van der Waals surface area contributed by atoms with Crippen molar-refractivity contribution in [2.75, 3.05) is 11.9 Å². The molecule has 1 saturated carbocycles. The topological polar surface area (TPSA) is 64.1 Å². The Kier molecular flexibility index (Phi) is 1.99. The molecule has 0 unspecified atom stereocenters. The minimum atomic E-state index is 0.609. The normalized spacial score (nSPS) is 16.4. The molecule has 12 heavy (non-hydrogen) atoms. The second-order valence-electron chi connectivity index (χ2n) is 3.14. The smallest absolute Gasteiger partial charge is 0.169 e. The Hall–Kier alpha value is -1.03. The van der Waals surface area contributed by atoms with E-state index in [1.54, 1.807) is 0 Å². The average molecular weight is 167 g/mol. The minimum Gasteiger partial charge on any atom is -0.365 e. The predicted octanol–water partition coefficient (Wildman–Crippen LogP) is 0.750. The maximum absolute atomic E-state index is 5.38. The molecule has 0 atom stereocenters. The van der Waals surface area contributed by atoms with E-state index >= 15 is 0 Å². The Labute approximate surface area is 71.1 Å². The summed E-state index contributed by atoms with van der Waals surface area (Å²) in [6.07, 6.45) is 3.26. The van der Waals surface area contributed by atoms with Gasteiger partial charge in [0.15, 0.2) is 5.82 Å². The van der Waals surface area contributed by atoms with Crippen LogP contribution >= 0.6 is 0 Å². The van der Waals surface area contributed by atoms with Crippen LogP contribution < -0.4 is 11.1 Å². The van der Waals surface area contributed by atoms with Crippen molar-refractivity contribution < 1.29 is 4.52 Å². The van der Waals surface area contributed by atoms with Crippen molar-refractivity contribution in [2.45, 2.75) is 25.3 Å². The average Bonchev–Trinajstić information content (AvgIpc) is 2.74. The SMILES string of the molecule is NCCc1cc(NC2CC2)no1. The Morgan fingerprint density at radius 1 is 1.67 bits per heavy atom. The summed E-state index contributed by atoms with van der Waals surface area (Å²) >= 11 is 0. The van der Waals surface area contributed by atoms with Gasteiger partial charge in [0, 0.05) is 18.5 Å². The van der Waals surface area contributed by atoms with Crippen LogP contribution in [0, 0.1) is 0 Å². The molecule has 0 amide bonds. The van der Waals surface area contributed by atoms with Gasteiger partial charge in [0.25, 0.3) is 0 Å². The van der Waals surface area contributed by atoms with Crippen LogP contribution in [0.5, 0.6) is 0 Å². The molecule has 1 aromatic heterocycles. The Morgan fingerprint density at radius 2 is 2.50 bits per heavy atom. The Morgan fingerprint density at radius 3 is 3.17 bits per heavy atom. The van der Waals surface area contributed by atoms with E-state index in [2.05, 4.69) is 10.5 Å². The molecule has 1 aromatic rings. The van der Waals surface area contributed by atoms with Crippen molar-refractivity contribution in [3.8, 4) is 0 Å². The molecule has 1 heterocycles. The largest absolute Gasteiger partial charge is 0.365 e. The monoisotopic (exact) mass is 167 g/mol. The van der Waals surface area contributed by atoms with Gasteiger partial charge >= 0.3 is 0 Å². The van der Waals surface area contributed by atoms with Gasteiger partial charge in [-0.3, -0.25) is 0 Å². The minimum absolute atomic E-state index is 0.609. The van der Waals surface area contributed by atoms with Gasteiger partial charge in [-0.2, -0.15) is 0 Å². The van der Waals surface area contributed by atoms with Gasteiger partial charge in [-0.15, -0.1) is 0 Å². The lowest BCUT2D eigenvalue weighted by Crippen LogP contribution is -2.02. The van der Waals surface area contributed by atoms with E-state index in [-0.39, 0.29) is 0 Å². The molecule has 0 aromatic carbocycles. The zero-order valence-corrected chi connectivity index (χ0v) is 6.92. The second kappa shape index (κ2) is 3.15. The van der Waals surface area contributed by atoms with E-state index in [9.17, 15) is 0 Å². The number of nitrogens with one attached hydrogen (secondary N) is 1. The number of aromatic nitrogens is 1. The molecule has 0 aliphatic heterocycles. The first-order chi connectivity index (χ1) is 5.88. The molecule has 0 saturated heterocycles. The van der Waals surface area contributed by atoms with E-state index < -0.39 is 0 Å². The van der Waals surface area contributed by atoms with Gasteiger partial charge in [-0.05, 0) is 19.4 Å². The van der Waals surface area contributed by atoms with E-state index in [1.165, 1.54) is 12.8 Å². The highest BCUT2D eigenvalue weighted by Gasteiger charge is 2.21. The van der Waals surface area contributed by atoms with Gasteiger partial charge in [-0.1, -0.05) is 5.16 Å². The highest BCUT2D eigenvalue weighted by molar-refractivity contribution is 5.36. The molecule has 0 spiro atoms. The highest BCUT2D eigenvalue weighted by Crippen LogP contribution is 2.24. The van der Waals surface area contributed by atoms with Gasteiger partial charge in [0.1, 0.15) is 5.76 Å². The summed E-state index contributed by atoms with van der Waals surface area (Å²) in [7, 11) is 0. The number of nitrogens with two attached hydrogens (primary N) is 1. The predicted molar refractivity (Wildman–Crippen MR) is 45.9 cm³/mol. The molecule has 3 N–H and O–H groups in total. The van der Waals surface area contributed by atoms with Gasteiger partial charge in [0.2, 0.25) is 0 Å². The second-order valence-corrected chi connectivity index (χ2v) is 3.14. The number of hydrogen-bond acceptors (Lipinski definition) is 4. The summed E-state index contributed by atoms with van der Waals surface area (Å²) in [4.78, 5) is 0. The first-order valence-corrected chi connectivity index (χ1v) is 4.30. The van der Waals surface area contributed by atoms with E-state index in [0.717, 1.165) is 18.0 Å².